The molecule has 2 rings (SSSR count). The Balaban J connectivity index is 2.31. The molecular formula is C15H18N2O4. The Morgan fingerprint density at radius 1 is 1.38 bits per heavy atom. The van der Waals surface area contributed by atoms with Crippen LogP contribution in [0, 0.1) is 13.8 Å². The molecule has 0 aliphatic carbocycles. The van der Waals surface area contributed by atoms with Gasteiger partial charge in [-0.3, -0.25) is 4.79 Å². The summed E-state index contributed by atoms with van der Waals surface area (Å²) in [6.07, 6.45) is 1.56. The molecule has 0 atom stereocenters. The number of carbonyl (C=O) groups is 2. The molecule has 0 aliphatic rings. The van der Waals surface area contributed by atoms with Crippen LogP contribution in [-0.2, 0) is 6.54 Å². The van der Waals surface area contributed by atoms with E-state index < -0.39 is 5.97 Å². The van der Waals surface area contributed by atoms with Crippen molar-refractivity contribution in [3.63, 3.8) is 0 Å². The van der Waals surface area contributed by atoms with Crippen LogP contribution in [0.2, 0.25) is 0 Å². The number of hydrogen-bond donors (Lipinski definition) is 2. The lowest BCUT2D eigenvalue weighted by Gasteiger charge is -2.20. The Morgan fingerprint density at radius 2 is 2.10 bits per heavy atom. The second-order valence-corrected chi connectivity index (χ2v) is 4.83. The van der Waals surface area contributed by atoms with Crippen molar-refractivity contribution in [2.45, 2.75) is 27.3 Å². The molecular weight excluding hydrogens is 272 g/mol. The first-order valence-corrected chi connectivity index (χ1v) is 6.69. The molecule has 2 heterocycles. The second kappa shape index (κ2) is 5.87. The summed E-state index contributed by atoms with van der Waals surface area (Å²) in [6.45, 7) is 6.07. The summed E-state index contributed by atoms with van der Waals surface area (Å²) in [5.41, 5.74) is 1.50. The molecule has 21 heavy (non-hydrogen) atoms. The summed E-state index contributed by atoms with van der Waals surface area (Å²) in [5.74, 6) is -0.578. The average Bonchev–Trinajstić information content (AvgIpc) is 3.03. The van der Waals surface area contributed by atoms with E-state index >= 15 is 0 Å². The molecule has 0 unspecified atom stereocenters. The molecule has 0 saturated carbocycles. The van der Waals surface area contributed by atoms with Crippen molar-refractivity contribution in [3.8, 4) is 0 Å². The lowest BCUT2D eigenvalue weighted by Crippen LogP contribution is -2.30. The topological polar surface area (TPSA) is 86.5 Å². The smallest absolute Gasteiger partial charge is 0.352 e. The number of aromatic nitrogens is 1. The molecule has 0 fully saturated rings. The molecule has 2 N–H and O–H groups in total. The van der Waals surface area contributed by atoms with Gasteiger partial charge in [-0.25, -0.2) is 4.79 Å². The van der Waals surface area contributed by atoms with Gasteiger partial charge in [-0.1, -0.05) is 0 Å². The molecule has 6 nitrogen and oxygen atoms in total. The van der Waals surface area contributed by atoms with Crippen LogP contribution in [0.5, 0.6) is 0 Å². The van der Waals surface area contributed by atoms with Crippen molar-refractivity contribution in [1.82, 2.24) is 9.88 Å². The van der Waals surface area contributed by atoms with Crippen molar-refractivity contribution in [1.29, 1.82) is 0 Å². The number of carboxylic acids is 1. The number of H-pyrrole nitrogens is 1. The van der Waals surface area contributed by atoms with E-state index in [9.17, 15) is 9.59 Å². The van der Waals surface area contributed by atoms with Crippen LogP contribution in [0.3, 0.4) is 0 Å². The van der Waals surface area contributed by atoms with Crippen molar-refractivity contribution < 1.29 is 19.1 Å². The fourth-order valence-electron chi connectivity index (χ4n) is 2.36. The van der Waals surface area contributed by atoms with E-state index in [4.69, 9.17) is 9.52 Å². The Hall–Kier alpha value is -2.50. The van der Waals surface area contributed by atoms with E-state index in [0.29, 0.717) is 35.7 Å². The van der Waals surface area contributed by atoms with Gasteiger partial charge in [0.2, 0.25) is 0 Å². The van der Waals surface area contributed by atoms with E-state index in [0.717, 1.165) is 0 Å². The summed E-state index contributed by atoms with van der Waals surface area (Å²) in [4.78, 5) is 28.2. The minimum atomic E-state index is -1.07. The van der Waals surface area contributed by atoms with Gasteiger partial charge < -0.3 is 19.4 Å². The highest BCUT2D eigenvalue weighted by Crippen LogP contribution is 2.21. The number of hydrogen-bond acceptors (Lipinski definition) is 3. The molecule has 2 aromatic rings. The highest BCUT2D eigenvalue weighted by atomic mass is 16.4. The average molecular weight is 290 g/mol. The van der Waals surface area contributed by atoms with Gasteiger partial charge in [0.25, 0.3) is 5.91 Å². The summed E-state index contributed by atoms with van der Waals surface area (Å²) >= 11 is 0. The highest BCUT2D eigenvalue weighted by molar-refractivity contribution is 6.00. The van der Waals surface area contributed by atoms with Crippen molar-refractivity contribution >= 4 is 11.9 Å². The van der Waals surface area contributed by atoms with Gasteiger partial charge >= 0.3 is 5.97 Å². The number of nitrogens with zero attached hydrogens (tertiary/aromatic N) is 1. The zero-order valence-electron chi connectivity index (χ0n) is 12.3. The van der Waals surface area contributed by atoms with E-state index in [-0.39, 0.29) is 11.6 Å². The van der Waals surface area contributed by atoms with E-state index in [1.807, 2.05) is 6.92 Å². The van der Waals surface area contributed by atoms with Crippen LogP contribution in [0.1, 0.15) is 44.8 Å². The second-order valence-electron chi connectivity index (χ2n) is 4.83. The zero-order chi connectivity index (χ0) is 15.6. The summed E-state index contributed by atoms with van der Waals surface area (Å²) in [6, 6.07) is 3.57. The molecule has 0 radical (unpaired) electrons. The maximum atomic E-state index is 12.7. The third-order valence-electron chi connectivity index (χ3n) is 3.46. The predicted molar refractivity (Wildman–Crippen MR) is 76.3 cm³/mol. The molecule has 0 spiro atoms. The Kier molecular flexibility index (Phi) is 4.16. The SMILES string of the molecule is CCN(Cc1ccco1)C(=O)c1c(C)[nH]c(C(=O)O)c1C. The first-order chi connectivity index (χ1) is 9.95. The van der Waals surface area contributed by atoms with E-state index in [1.165, 1.54) is 0 Å². The number of amides is 1. The zero-order valence-corrected chi connectivity index (χ0v) is 12.3. The van der Waals surface area contributed by atoms with Gasteiger partial charge in [0.05, 0.1) is 18.4 Å². The van der Waals surface area contributed by atoms with Crippen LogP contribution in [-0.4, -0.2) is 33.4 Å². The minimum Gasteiger partial charge on any atom is -0.477 e. The van der Waals surface area contributed by atoms with Crippen LogP contribution < -0.4 is 0 Å². The Morgan fingerprint density at radius 3 is 2.57 bits per heavy atom. The normalized spacial score (nSPS) is 10.6. The number of aryl methyl sites for hydroxylation is 1. The number of aromatic amines is 1. The van der Waals surface area contributed by atoms with Crippen LogP contribution >= 0.6 is 0 Å². The van der Waals surface area contributed by atoms with Gasteiger partial charge in [0.1, 0.15) is 11.5 Å². The number of nitrogens with one attached hydrogen (secondary N) is 1. The molecule has 0 aliphatic heterocycles. The molecule has 6 heteroatoms. The molecule has 112 valence electrons. The largest absolute Gasteiger partial charge is 0.477 e. The quantitative estimate of drug-likeness (QED) is 0.886. The van der Waals surface area contributed by atoms with Crippen LogP contribution in [0.25, 0.3) is 0 Å². The first-order valence-electron chi connectivity index (χ1n) is 6.69. The monoisotopic (exact) mass is 290 g/mol. The number of aromatic carboxylic acids is 1. The maximum Gasteiger partial charge on any atom is 0.352 e. The first kappa shape index (κ1) is 14.9. The highest BCUT2D eigenvalue weighted by Gasteiger charge is 2.25. The molecule has 0 aromatic carbocycles. The van der Waals surface area contributed by atoms with Gasteiger partial charge in [0.15, 0.2) is 0 Å². The fourth-order valence-corrected chi connectivity index (χ4v) is 2.36. The number of furan rings is 1. The van der Waals surface area contributed by atoms with Gasteiger partial charge in [-0.2, -0.15) is 0 Å². The number of carboxylic acid groups (broad SMARTS) is 1. The van der Waals surface area contributed by atoms with Gasteiger partial charge in [-0.05, 0) is 38.5 Å². The fraction of sp³-hybridized carbons (Fsp3) is 0.333. The molecule has 0 saturated heterocycles. The van der Waals surface area contributed by atoms with Gasteiger partial charge in [-0.15, -0.1) is 0 Å². The lowest BCUT2D eigenvalue weighted by molar-refractivity contribution is 0.0690. The standard InChI is InChI=1S/C15H18N2O4/c1-4-17(8-11-6-5-7-21-11)14(18)12-9(2)13(15(19)20)16-10(12)3/h5-7,16H,4,8H2,1-3H3,(H,19,20). The maximum absolute atomic E-state index is 12.7. The van der Waals surface area contributed by atoms with Crippen LogP contribution in [0.15, 0.2) is 22.8 Å². The Labute approximate surface area is 122 Å². The molecule has 1 amide bonds. The van der Waals surface area contributed by atoms with E-state index in [1.54, 1.807) is 37.1 Å². The van der Waals surface area contributed by atoms with Crippen molar-refractivity contribution in [3.05, 3.63) is 46.7 Å². The third-order valence-corrected chi connectivity index (χ3v) is 3.46. The lowest BCUT2D eigenvalue weighted by atomic mass is 10.1. The Bertz CT molecular complexity index is 656. The number of carbonyl (C=O) groups excluding carboxylic acids is 1. The minimum absolute atomic E-state index is 0.0601. The number of rotatable bonds is 5. The van der Waals surface area contributed by atoms with Crippen molar-refractivity contribution in [2.24, 2.45) is 0 Å². The summed E-state index contributed by atoms with van der Waals surface area (Å²) in [5, 5.41) is 9.12. The van der Waals surface area contributed by atoms with Crippen LogP contribution in [0.4, 0.5) is 0 Å². The summed E-state index contributed by atoms with van der Waals surface area (Å²) in [7, 11) is 0. The third kappa shape index (κ3) is 2.84. The van der Waals surface area contributed by atoms with Crippen molar-refractivity contribution in [2.75, 3.05) is 6.54 Å². The summed E-state index contributed by atoms with van der Waals surface area (Å²) < 4.78 is 5.26. The van der Waals surface area contributed by atoms with E-state index in [2.05, 4.69) is 4.98 Å². The van der Waals surface area contributed by atoms with Gasteiger partial charge in [0, 0.05) is 12.2 Å². The predicted octanol–water partition coefficient (Wildman–Crippen LogP) is 2.59. The molecule has 2 aromatic heterocycles. The molecule has 0 bridgehead atoms.